The van der Waals surface area contributed by atoms with Gasteiger partial charge in [0.25, 0.3) is 0 Å². The van der Waals surface area contributed by atoms with Gasteiger partial charge < -0.3 is 0 Å². The molecule has 0 aliphatic heterocycles. The fourth-order valence-electron chi connectivity index (χ4n) is 2.30. The average Bonchev–Trinajstić information content (AvgIpc) is 2.20. The first-order chi connectivity index (χ1) is 7.80. The first-order valence-electron chi connectivity index (χ1n) is 6.53. The van der Waals surface area contributed by atoms with Gasteiger partial charge in [-0.05, 0) is 24.7 Å². The molecule has 17 heavy (non-hydrogen) atoms. The van der Waals surface area contributed by atoms with E-state index in [1.54, 1.807) is 13.8 Å². The number of rotatable bonds is 5. The number of Topliss-reactive ketones (excluding diaryl/α,β-unsaturated/α-hetero) is 1. The molecular weight excluding hydrogens is 236 g/mol. The first-order valence-corrected chi connectivity index (χ1v) is 8.35. The maximum Gasteiger partial charge on any atom is 0.157 e. The molecule has 100 valence electrons. The summed E-state index contributed by atoms with van der Waals surface area (Å²) in [7, 11) is -3.19. The Hall–Kier alpha value is -0.380. The Bertz CT molecular complexity index is 349. The number of sulfone groups is 1. The zero-order valence-corrected chi connectivity index (χ0v) is 11.9. The van der Waals surface area contributed by atoms with Crippen molar-refractivity contribution < 1.29 is 13.2 Å². The Morgan fingerprint density at radius 3 is 2.18 bits per heavy atom. The average molecular weight is 260 g/mol. The number of ketones is 1. The van der Waals surface area contributed by atoms with Crippen LogP contribution >= 0.6 is 0 Å². The summed E-state index contributed by atoms with van der Waals surface area (Å²) in [5.41, 5.74) is 0. The van der Waals surface area contributed by atoms with Gasteiger partial charge in [-0.2, -0.15) is 0 Å². The van der Waals surface area contributed by atoms with Crippen molar-refractivity contribution in [2.24, 2.45) is 17.8 Å². The van der Waals surface area contributed by atoms with E-state index < -0.39 is 9.84 Å². The van der Waals surface area contributed by atoms with Gasteiger partial charge in [-0.15, -0.1) is 0 Å². The van der Waals surface area contributed by atoms with E-state index in [0.717, 1.165) is 31.6 Å². The maximum absolute atomic E-state index is 11.9. The van der Waals surface area contributed by atoms with Crippen molar-refractivity contribution in [1.82, 2.24) is 0 Å². The molecule has 1 aliphatic rings. The van der Waals surface area contributed by atoms with Crippen LogP contribution in [0, 0.1) is 17.8 Å². The predicted octanol–water partition coefficient (Wildman–Crippen LogP) is 2.45. The van der Waals surface area contributed by atoms with Crippen molar-refractivity contribution >= 4 is 15.6 Å². The van der Waals surface area contributed by atoms with Crippen molar-refractivity contribution in [3.05, 3.63) is 0 Å². The molecule has 0 aromatic heterocycles. The largest absolute Gasteiger partial charge is 0.298 e. The van der Waals surface area contributed by atoms with Gasteiger partial charge >= 0.3 is 0 Å². The second-order valence-electron chi connectivity index (χ2n) is 5.80. The fourth-order valence-corrected chi connectivity index (χ4v) is 4.23. The number of hydrogen-bond donors (Lipinski definition) is 0. The molecular formula is C13H24O3S. The zero-order valence-electron chi connectivity index (χ0n) is 11.1. The van der Waals surface area contributed by atoms with Gasteiger partial charge in [0.1, 0.15) is 11.5 Å². The molecule has 0 amide bonds. The van der Waals surface area contributed by atoms with Gasteiger partial charge in [-0.25, -0.2) is 8.42 Å². The maximum atomic E-state index is 11.9. The van der Waals surface area contributed by atoms with Crippen LogP contribution in [0.2, 0.25) is 0 Å². The van der Waals surface area contributed by atoms with Crippen LogP contribution in [0.1, 0.15) is 46.5 Å². The van der Waals surface area contributed by atoms with Crippen LogP contribution < -0.4 is 0 Å². The van der Waals surface area contributed by atoms with Crippen molar-refractivity contribution in [3.63, 3.8) is 0 Å². The summed E-state index contributed by atoms with van der Waals surface area (Å²) in [6.45, 7) is 5.72. The predicted molar refractivity (Wildman–Crippen MR) is 69.6 cm³/mol. The molecule has 0 heterocycles. The molecule has 1 saturated carbocycles. The smallest absolute Gasteiger partial charge is 0.157 e. The minimum absolute atomic E-state index is 0.158. The molecule has 0 atom stereocenters. The lowest BCUT2D eigenvalue weighted by Crippen LogP contribution is -2.27. The zero-order chi connectivity index (χ0) is 13.1. The molecule has 0 aromatic carbocycles. The van der Waals surface area contributed by atoms with Gasteiger partial charge in [-0.3, -0.25) is 4.79 Å². The summed E-state index contributed by atoms with van der Waals surface area (Å²) in [5, 5.41) is 0. The Morgan fingerprint density at radius 1 is 1.18 bits per heavy atom. The standard InChI is InChI=1S/C13H24O3S/c1-10(2)13(14)9-17(15,16)8-12-6-4-11(3)5-7-12/h10-12H,4-9H2,1-3H3. The molecule has 0 radical (unpaired) electrons. The molecule has 1 fully saturated rings. The van der Waals surface area contributed by atoms with Gasteiger partial charge in [0.05, 0.1) is 5.75 Å². The van der Waals surface area contributed by atoms with Crippen LogP contribution in [0.15, 0.2) is 0 Å². The van der Waals surface area contributed by atoms with Crippen LogP contribution in [0.25, 0.3) is 0 Å². The summed E-state index contributed by atoms with van der Waals surface area (Å²) < 4.78 is 23.7. The summed E-state index contributed by atoms with van der Waals surface area (Å²) in [4.78, 5) is 11.5. The second-order valence-corrected chi connectivity index (χ2v) is 7.91. The number of carbonyl (C=O) groups excluding carboxylic acids is 1. The van der Waals surface area contributed by atoms with E-state index in [1.165, 1.54) is 0 Å². The minimum atomic E-state index is -3.19. The molecule has 1 aliphatic carbocycles. The summed E-state index contributed by atoms with van der Waals surface area (Å²) >= 11 is 0. The molecule has 4 heteroatoms. The van der Waals surface area contributed by atoms with Crippen molar-refractivity contribution in [3.8, 4) is 0 Å². The van der Waals surface area contributed by atoms with Crippen LogP contribution in [-0.4, -0.2) is 25.7 Å². The van der Waals surface area contributed by atoms with E-state index in [2.05, 4.69) is 6.92 Å². The third-order valence-electron chi connectivity index (χ3n) is 3.63. The highest BCUT2D eigenvalue weighted by atomic mass is 32.2. The number of hydrogen-bond acceptors (Lipinski definition) is 3. The topological polar surface area (TPSA) is 51.2 Å². The van der Waals surface area contributed by atoms with Crippen molar-refractivity contribution in [1.29, 1.82) is 0 Å². The van der Waals surface area contributed by atoms with Crippen LogP contribution in [0.5, 0.6) is 0 Å². The highest BCUT2D eigenvalue weighted by Gasteiger charge is 2.26. The van der Waals surface area contributed by atoms with Gasteiger partial charge in [0.15, 0.2) is 9.84 Å². The number of carbonyl (C=O) groups is 1. The molecule has 1 rings (SSSR count). The van der Waals surface area contributed by atoms with E-state index in [1.807, 2.05) is 0 Å². The van der Waals surface area contributed by atoms with Crippen LogP contribution in [0.3, 0.4) is 0 Å². The van der Waals surface area contributed by atoms with Crippen molar-refractivity contribution in [2.45, 2.75) is 46.5 Å². The highest BCUT2D eigenvalue weighted by Crippen LogP contribution is 2.29. The minimum Gasteiger partial charge on any atom is -0.298 e. The molecule has 0 saturated heterocycles. The Labute approximate surface area is 105 Å². The van der Waals surface area contributed by atoms with E-state index in [0.29, 0.717) is 0 Å². The highest BCUT2D eigenvalue weighted by molar-refractivity contribution is 7.92. The van der Waals surface area contributed by atoms with Gasteiger partial charge in [0, 0.05) is 5.92 Å². The lowest BCUT2D eigenvalue weighted by atomic mass is 9.84. The van der Waals surface area contributed by atoms with Gasteiger partial charge in [-0.1, -0.05) is 33.6 Å². The Morgan fingerprint density at radius 2 is 1.71 bits per heavy atom. The third kappa shape index (κ3) is 5.19. The molecule has 0 N–H and O–H groups in total. The lowest BCUT2D eigenvalue weighted by Gasteiger charge is -2.25. The molecule has 0 aromatic rings. The molecule has 0 bridgehead atoms. The summed E-state index contributed by atoms with van der Waals surface area (Å²) in [5.74, 6) is 0.599. The van der Waals surface area contributed by atoms with Crippen LogP contribution in [-0.2, 0) is 14.6 Å². The second kappa shape index (κ2) is 5.98. The normalized spacial score (nSPS) is 26.1. The Kier molecular flexibility index (Phi) is 5.17. The summed E-state index contributed by atoms with van der Waals surface area (Å²) in [6.07, 6.45) is 4.24. The van der Waals surface area contributed by atoms with E-state index in [9.17, 15) is 13.2 Å². The molecule has 0 unspecified atom stereocenters. The van der Waals surface area contributed by atoms with Gasteiger partial charge in [0.2, 0.25) is 0 Å². The van der Waals surface area contributed by atoms with Crippen molar-refractivity contribution in [2.75, 3.05) is 11.5 Å². The SMILES string of the molecule is CC1CCC(CS(=O)(=O)CC(=O)C(C)C)CC1. The Balaban J connectivity index is 2.47. The lowest BCUT2D eigenvalue weighted by molar-refractivity contribution is -0.119. The molecule has 3 nitrogen and oxygen atoms in total. The first kappa shape index (κ1) is 14.7. The molecule has 0 spiro atoms. The van der Waals surface area contributed by atoms with Crippen LogP contribution in [0.4, 0.5) is 0 Å². The summed E-state index contributed by atoms with van der Waals surface area (Å²) in [6, 6.07) is 0. The van der Waals surface area contributed by atoms with E-state index in [4.69, 9.17) is 0 Å². The van der Waals surface area contributed by atoms with E-state index >= 15 is 0 Å². The monoisotopic (exact) mass is 260 g/mol. The fraction of sp³-hybridized carbons (Fsp3) is 0.923. The quantitative estimate of drug-likeness (QED) is 0.763. The van der Waals surface area contributed by atoms with E-state index in [-0.39, 0.29) is 29.1 Å². The third-order valence-corrected chi connectivity index (χ3v) is 5.33.